The first-order chi connectivity index (χ1) is 17.4. The van der Waals surface area contributed by atoms with Crippen molar-refractivity contribution in [3.63, 3.8) is 0 Å². The minimum atomic E-state index is -1.59. The van der Waals surface area contributed by atoms with Crippen LogP contribution in [0.25, 0.3) is 32.8 Å². The van der Waals surface area contributed by atoms with Gasteiger partial charge in [0.05, 0.1) is 19.0 Å². The number of nitrogens with zero attached hydrogens (tertiary/aromatic N) is 1. The van der Waals surface area contributed by atoms with Gasteiger partial charge in [-0.3, -0.25) is 0 Å². The van der Waals surface area contributed by atoms with Gasteiger partial charge in [0, 0.05) is 11.6 Å². The minimum absolute atomic E-state index is 0.0959. The van der Waals surface area contributed by atoms with Crippen LogP contribution in [-0.2, 0) is 19.9 Å². The Morgan fingerprint density at radius 1 is 0.892 bits per heavy atom. The van der Waals surface area contributed by atoms with Crippen molar-refractivity contribution in [2.45, 2.75) is 80.9 Å². The molecule has 37 heavy (non-hydrogen) atoms. The third-order valence-corrected chi connectivity index (χ3v) is 9.58. The summed E-state index contributed by atoms with van der Waals surface area (Å²) in [5.41, 5.74) is 6.47. The van der Waals surface area contributed by atoms with E-state index in [-0.39, 0.29) is 10.8 Å². The van der Waals surface area contributed by atoms with Crippen molar-refractivity contribution < 1.29 is 10.7 Å². The number of hydrogen-bond donors (Lipinski definition) is 0. The lowest BCUT2D eigenvalue weighted by Crippen LogP contribution is -2.38. The summed E-state index contributed by atoms with van der Waals surface area (Å²) in [5, 5.41) is 6.21. The fourth-order valence-corrected chi connectivity index (χ4v) is 7.04. The minimum Gasteiger partial charge on any atom is -0.455 e. The first-order valence-electron chi connectivity index (χ1n) is 14.2. The molecule has 4 aromatic rings. The van der Waals surface area contributed by atoms with E-state index in [4.69, 9.17) is 6.11 Å². The van der Waals surface area contributed by atoms with Gasteiger partial charge >= 0.3 is 0 Å². The van der Waals surface area contributed by atoms with Crippen LogP contribution in [0.15, 0.2) is 42.6 Å². The molecule has 5 rings (SSSR count). The van der Waals surface area contributed by atoms with Crippen LogP contribution in [0.1, 0.15) is 59.6 Å². The van der Waals surface area contributed by atoms with E-state index in [0.29, 0.717) is 6.17 Å². The Bertz CT molecular complexity index is 1610. The summed E-state index contributed by atoms with van der Waals surface area (Å²) in [6.07, 6.45) is 2.48. The summed E-state index contributed by atoms with van der Waals surface area (Å²) in [5.74, 6) is 1.92. The maximum absolute atomic E-state index is 8.91. The van der Waals surface area contributed by atoms with Crippen LogP contribution in [-0.4, -0.2) is 8.07 Å². The van der Waals surface area contributed by atoms with E-state index in [1.54, 1.807) is 0 Å². The van der Waals surface area contributed by atoms with Crippen LogP contribution in [0.2, 0.25) is 19.6 Å². The van der Waals surface area contributed by atoms with Crippen molar-refractivity contribution in [1.82, 2.24) is 0 Å². The van der Waals surface area contributed by atoms with E-state index in [0.717, 1.165) is 46.4 Å². The maximum Gasteiger partial charge on any atom is 0.228 e. The lowest BCUT2D eigenvalue weighted by atomic mass is 9.80. The molecule has 0 atom stereocenters. The Morgan fingerprint density at radius 3 is 2.19 bits per heavy atom. The highest BCUT2D eigenvalue weighted by molar-refractivity contribution is 6.88. The number of hydrogen-bond acceptors (Lipinski definition) is 1. The first-order valence-corrected chi connectivity index (χ1v) is 17.2. The Labute approximate surface area is 226 Å². The standard InChI is InChI=1S/C34H44NOSi/c1-21-26-16-22(19-33(2,3)4)12-13-25(26)27(20-34(5,6)7)32-29(21)31-30-23(14-15-35(31)8)17-24(37(9,10)11)18-28(30)36-32/h12-18H,19-20H2,1-11H3/q+1/i15D. The molecule has 0 saturated carbocycles. The first kappa shape index (κ1) is 24.7. The predicted octanol–water partition coefficient (Wildman–Crippen LogP) is 8.62. The molecule has 3 aromatic carbocycles. The number of benzene rings is 3. The second-order valence-electron chi connectivity index (χ2n) is 14.6. The summed E-state index contributed by atoms with van der Waals surface area (Å²) in [6.45, 7) is 23.2. The van der Waals surface area contributed by atoms with Gasteiger partial charge in [-0.05, 0) is 63.9 Å². The van der Waals surface area contributed by atoms with E-state index < -0.39 is 8.07 Å². The van der Waals surface area contributed by atoms with Gasteiger partial charge in [-0.1, -0.05) is 90.6 Å². The Morgan fingerprint density at radius 2 is 1.57 bits per heavy atom. The molecule has 1 aliphatic heterocycles. The fourth-order valence-electron chi connectivity index (χ4n) is 5.89. The lowest BCUT2D eigenvalue weighted by Gasteiger charge is -2.29. The highest BCUT2D eigenvalue weighted by Gasteiger charge is 2.35. The molecule has 0 aliphatic carbocycles. The van der Waals surface area contributed by atoms with Gasteiger partial charge in [0.1, 0.15) is 19.9 Å². The molecule has 0 spiro atoms. The number of rotatable bonds is 3. The van der Waals surface area contributed by atoms with Gasteiger partial charge in [0.25, 0.3) is 0 Å². The molecule has 194 valence electrons. The fraction of sp³-hybridized carbons (Fsp3) is 0.441. The molecule has 3 heteroatoms. The molecule has 0 N–H and O–H groups in total. The Kier molecular flexibility index (Phi) is 5.62. The predicted molar refractivity (Wildman–Crippen MR) is 162 cm³/mol. The van der Waals surface area contributed by atoms with Gasteiger partial charge in [0.2, 0.25) is 5.69 Å². The van der Waals surface area contributed by atoms with Gasteiger partial charge in [-0.2, -0.15) is 0 Å². The van der Waals surface area contributed by atoms with Gasteiger partial charge in [-0.25, -0.2) is 4.57 Å². The summed E-state index contributed by atoms with van der Waals surface area (Å²) in [7, 11) is 0.439. The normalized spacial score (nSPS) is 14.1. The number of fused-ring (bicyclic) bond motifs is 3. The molecule has 0 unspecified atom stereocenters. The van der Waals surface area contributed by atoms with E-state index in [2.05, 4.69) is 103 Å². The molecule has 1 aromatic heterocycles. The zero-order valence-electron chi connectivity index (χ0n) is 25.7. The van der Waals surface area contributed by atoms with Crippen LogP contribution in [0.4, 0.5) is 0 Å². The van der Waals surface area contributed by atoms with Crippen LogP contribution >= 0.6 is 0 Å². The van der Waals surface area contributed by atoms with E-state index in [1.165, 1.54) is 32.6 Å². The van der Waals surface area contributed by atoms with Crippen molar-refractivity contribution in [1.29, 1.82) is 0 Å². The Balaban J connectivity index is 1.93. The third kappa shape index (κ3) is 4.72. The molecule has 1 aliphatic rings. The highest BCUT2D eigenvalue weighted by Crippen LogP contribution is 2.51. The molecule has 0 saturated heterocycles. The SMILES string of the molecule is [2H]c1cc2cc([Si](C)(C)C)cc3c2c([n+]1C)-c1c(c(CC(C)(C)C)c2ccc(CC(C)(C)C)cc2c1C)O3. The van der Waals surface area contributed by atoms with Crippen molar-refractivity contribution in [3.8, 4) is 22.8 Å². The van der Waals surface area contributed by atoms with Crippen molar-refractivity contribution >= 4 is 34.8 Å². The lowest BCUT2D eigenvalue weighted by molar-refractivity contribution is -0.659. The second kappa shape index (κ2) is 8.43. The van der Waals surface area contributed by atoms with Gasteiger partial charge in [-0.15, -0.1) is 0 Å². The van der Waals surface area contributed by atoms with E-state index >= 15 is 0 Å². The number of pyridine rings is 1. The molecular weight excluding hydrogens is 466 g/mol. The summed E-state index contributed by atoms with van der Waals surface area (Å²) in [6, 6.07) is 13.7. The number of aromatic nitrogens is 1. The van der Waals surface area contributed by atoms with E-state index in [1.807, 2.05) is 13.1 Å². The molecule has 2 heterocycles. The van der Waals surface area contributed by atoms with Crippen molar-refractivity contribution in [2.24, 2.45) is 17.9 Å². The van der Waals surface area contributed by atoms with Gasteiger partial charge in [0.15, 0.2) is 6.17 Å². The number of aryl methyl sites for hydroxylation is 1. The quantitative estimate of drug-likeness (QED) is 0.174. The molecule has 0 amide bonds. The molecule has 0 bridgehead atoms. The van der Waals surface area contributed by atoms with Crippen LogP contribution in [0.3, 0.4) is 0 Å². The zero-order valence-corrected chi connectivity index (χ0v) is 25.7. The maximum atomic E-state index is 8.91. The number of ether oxygens (including phenoxy) is 1. The highest BCUT2D eigenvalue weighted by atomic mass is 28.3. The average Bonchev–Trinajstić information content (AvgIpc) is 2.76. The van der Waals surface area contributed by atoms with Gasteiger partial charge < -0.3 is 4.74 Å². The van der Waals surface area contributed by atoms with Crippen LogP contribution < -0.4 is 14.5 Å². The smallest absolute Gasteiger partial charge is 0.228 e. The molecule has 2 nitrogen and oxygen atoms in total. The van der Waals surface area contributed by atoms with Crippen LogP contribution in [0.5, 0.6) is 11.5 Å². The molecule has 0 radical (unpaired) electrons. The average molecular weight is 512 g/mol. The third-order valence-electron chi connectivity index (χ3n) is 7.56. The van der Waals surface area contributed by atoms with Crippen LogP contribution in [0, 0.1) is 17.8 Å². The van der Waals surface area contributed by atoms with Crippen molar-refractivity contribution in [3.05, 3.63) is 59.3 Å². The largest absolute Gasteiger partial charge is 0.455 e. The van der Waals surface area contributed by atoms with E-state index in [9.17, 15) is 0 Å². The Hall–Kier alpha value is -2.65. The summed E-state index contributed by atoms with van der Waals surface area (Å²) < 4.78 is 18.0. The molecule has 0 fully saturated rings. The summed E-state index contributed by atoms with van der Waals surface area (Å²) >= 11 is 0. The second-order valence-corrected chi connectivity index (χ2v) is 19.7. The molecular formula is C34H44NOSi+. The summed E-state index contributed by atoms with van der Waals surface area (Å²) in [4.78, 5) is 0. The topological polar surface area (TPSA) is 13.1 Å². The zero-order chi connectivity index (χ0) is 27.9. The van der Waals surface area contributed by atoms with Crippen molar-refractivity contribution in [2.75, 3.05) is 0 Å². The monoisotopic (exact) mass is 511 g/mol.